The van der Waals surface area contributed by atoms with Gasteiger partial charge >= 0.3 is 0 Å². The third kappa shape index (κ3) is 5.67. The molecule has 37 heavy (non-hydrogen) atoms. The number of fused-ring (bicyclic) bond motifs is 1. The van der Waals surface area contributed by atoms with E-state index in [9.17, 15) is 22.0 Å². The summed E-state index contributed by atoms with van der Waals surface area (Å²) in [7, 11) is -2.14. The van der Waals surface area contributed by atoms with Gasteiger partial charge in [0.15, 0.2) is 0 Å². The van der Waals surface area contributed by atoms with Gasteiger partial charge in [-0.1, -0.05) is 6.07 Å². The van der Waals surface area contributed by atoms with Gasteiger partial charge in [0.25, 0.3) is 6.43 Å². The molecule has 2 fully saturated rings. The van der Waals surface area contributed by atoms with Crippen molar-refractivity contribution in [3.63, 3.8) is 0 Å². The fourth-order valence-electron chi connectivity index (χ4n) is 4.73. The van der Waals surface area contributed by atoms with Gasteiger partial charge in [0, 0.05) is 32.4 Å². The number of aliphatic imine (C=N–C) groups is 1. The van der Waals surface area contributed by atoms with Crippen molar-refractivity contribution in [3.8, 4) is 0 Å². The second-order valence-electron chi connectivity index (χ2n) is 9.94. The highest BCUT2D eigenvalue weighted by atomic mass is 32.2. The van der Waals surface area contributed by atoms with E-state index in [0.29, 0.717) is 35.1 Å². The molecule has 2 aliphatic heterocycles. The Balaban J connectivity index is 1.54. The molecule has 0 radical (unpaired) electrons. The summed E-state index contributed by atoms with van der Waals surface area (Å²) in [6.07, 6.45) is 2.88. The number of nitrogens with zero attached hydrogens (tertiary/aromatic N) is 3. The first-order valence-corrected chi connectivity index (χ1v) is 14.3. The Morgan fingerprint density at radius 2 is 1.97 bits per heavy atom. The summed E-state index contributed by atoms with van der Waals surface area (Å²) >= 11 is 0. The average Bonchev–Trinajstić information content (AvgIpc) is 3.62. The maximum absolute atomic E-state index is 13.5. The minimum Gasteiger partial charge on any atom is -0.374 e. The van der Waals surface area contributed by atoms with Gasteiger partial charge in [0.2, 0.25) is 10.0 Å². The number of benzene rings is 1. The topological polar surface area (TPSA) is 101 Å². The van der Waals surface area contributed by atoms with E-state index in [1.165, 1.54) is 11.4 Å². The van der Waals surface area contributed by atoms with Crippen molar-refractivity contribution < 1.29 is 26.7 Å². The molecule has 1 N–H and O–H groups in total. The lowest BCUT2D eigenvalue weighted by molar-refractivity contribution is -0.119. The Morgan fingerprint density at radius 3 is 2.62 bits per heavy atom. The third-order valence-electron chi connectivity index (χ3n) is 7.04. The van der Waals surface area contributed by atoms with E-state index in [0.717, 1.165) is 43.9 Å². The molecule has 1 aliphatic carbocycles. The molecular formula is C26H30F2N4O4S. The first-order chi connectivity index (χ1) is 17.6. The summed E-state index contributed by atoms with van der Waals surface area (Å²) in [5, 5.41) is 3.22. The zero-order valence-electron chi connectivity index (χ0n) is 20.8. The number of ether oxygens (including phenoxy) is 1. The number of carbonyl (C=O) groups is 1. The SMILES string of the molecule is CN(c1cc([C@@H]2CCCCO2)ccc1Nc1cc(CC(=O)C2CC2)nc2c1N=C(C(F)F)C2)S(C)(=O)=O. The molecule has 2 aromatic rings. The zero-order chi connectivity index (χ0) is 26.3. The molecule has 198 valence electrons. The van der Waals surface area contributed by atoms with Gasteiger partial charge in [-0.3, -0.25) is 14.1 Å². The summed E-state index contributed by atoms with van der Waals surface area (Å²) in [6.45, 7) is 0.651. The lowest BCUT2D eigenvalue weighted by Gasteiger charge is -2.26. The molecule has 0 unspecified atom stereocenters. The van der Waals surface area contributed by atoms with Crippen LogP contribution in [0.4, 0.5) is 31.5 Å². The standard InChI is InChI=1S/C26H30F2N4O4S/c1-32(37(2,34)35)22-11-16(24-5-3-4-10-36-24)8-9-18(22)30-19-12-17(13-23(33)15-6-7-15)29-20-14-21(26(27)28)31-25(19)20/h8-9,11-12,15,24,26H,3-7,10,13-14H2,1-2H3,(H,29,30)/t24-/m0/s1. The molecule has 1 saturated heterocycles. The highest BCUT2D eigenvalue weighted by molar-refractivity contribution is 7.92. The third-order valence-corrected chi connectivity index (χ3v) is 8.23. The van der Waals surface area contributed by atoms with E-state index >= 15 is 0 Å². The van der Waals surface area contributed by atoms with Crippen LogP contribution in [-0.2, 0) is 32.4 Å². The number of sulfonamides is 1. The van der Waals surface area contributed by atoms with Gasteiger partial charge in [-0.2, -0.15) is 0 Å². The fourth-order valence-corrected chi connectivity index (χ4v) is 5.24. The highest BCUT2D eigenvalue weighted by Crippen LogP contribution is 2.41. The van der Waals surface area contributed by atoms with Gasteiger partial charge in [-0.15, -0.1) is 0 Å². The summed E-state index contributed by atoms with van der Waals surface area (Å²) in [5.74, 6) is 0.129. The molecule has 3 heterocycles. The lowest BCUT2D eigenvalue weighted by atomic mass is 10.00. The Morgan fingerprint density at radius 1 is 1.19 bits per heavy atom. The summed E-state index contributed by atoms with van der Waals surface area (Å²) in [6, 6.07) is 7.08. The van der Waals surface area contributed by atoms with Crippen molar-refractivity contribution in [1.82, 2.24) is 4.98 Å². The number of hydrogen-bond acceptors (Lipinski definition) is 7. The first-order valence-electron chi connectivity index (χ1n) is 12.5. The van der Waals surface area contributed by atoms with Crippen LogP contribution in [0.1, 0.15) is 55.2 Å². The smallest absolute Gasteiger partial charge is 0.277 e. The Kier molecular flexibility index (Phi) is 7.01. The summed E-state index contributed by atoms with van der Waals surface area (Å²) in [5.41, 5.74) is 2.99. The van der Waals surface area contributed by atoms with Crippen molar-refractivity contribution in [2.24, 2.45) is 10.9 Å². The van der Waals surface area contributed by atoms with Crippen molar-refractivity contribution in [1.29, 1.82) is 0 Å². The van der Waals surface area contributed by atoms with Gasteiger partial charge in [0.1, 0.15) is 11.5 Å². The molecule has 1 atom stereocenters. The Bertz CT molecular complexity index is 1350. The number of halogens is 2. The van der Waals surface area contributed by atoms with Gasteiger partial charge in [0.05, 0.1) is 46.5 Å². The quantitative estimate of drug-likeness (QED) is 0.494. The number of rotatable bonds is 9. The van der Waals surface area contributed by atoms with Crippen LogP contribution in [0, 0.1) is 5.92 Å². The van der Waals surface area contributed by atoms with Crippen LogP contribution in [-0.4, -0.2) is 51.2 Å². The number of pyridine rings is 1. The molecule has 8 nitrogen and oxygen atoms in total. The van der Waals surface area contributed by atoms with E-state index < -0.39 is 16.4 Å². The molecule has 0 spiro atoms. The maximum Gasteiger partial charge on any atom is 0.277 e. The summed E-state index contributed by atoms with van der Waals surface area (Å²) < 4.78 is 59.0. The molecule has 1 aromatic carbocycles. The molecule has 0 amide bonds. The van der Waals surface area contributed by atoms with Crippen molar-refractivity contribution in [2.75, 3.05) is 29.5 Å². The zero-order valence-corrected chi connectivity index (χ0v) is 21.7. The van der Waals surface area contributed by atoms with Crippen LogP contribution >= 0.6 is 0 Å². The van der Waals surface area contributed by atoms with Crippen molar-refractivity contribution >= 4 is 44.3 Å². The van der Waals surface area contributed by atoms with E-state index in [2.05, 4.69) is 15.3 Å². The van der Waals surface area contributed by atoms with Crippen LogP contribution in [0.2, 0.25) is 0 Å². The van der Waals surface area contributed by atoms with Gasteiger partial charge in [-0.05, 0) is 55.9 Å². The molecule has 11 heteroatoms. The minimum atomic E-state index is -3.61. The van der Waals surface area contributed by atoms with Crippen LogP contribution in [0.3, 0.4) is 0 Å². The normalized spacial score (nSPS) is 19.5. The minimum absolute atomic E-state index is 0.0453. The van der Waals surface area contributed by atoms with Gasteiger partial charge < -0.3 is 10.1 Å². The number of nitrogens with one attached hydrogen (secondary N) is 1. The molecule has 1 aromatic heterocycles. The molecular weight excluding hydrogens is 502 g/mol. The first kappa shape index (κ1) is 25.7. The number of anilines is 3. The average molecular weight is 533 g/mol. The highest BCUT2D eigenvalue weighted by Gasteiger charge is 2.31. The van der Waals surface area contributed by atoms with E-state index in [4.69, 9.17) is 4.74 Å². The van der Waals surface area contributed by atoms with Gasteiger partial charge in [-0.25, -0.2) is 22.2 Å². The predicted octanol–water partition coefficient (Wildman–Crippen LogP) is 4.88. The molecule has 5 rings (SSSR count). The van der Waals surface area contributed by atoms with Crippen molar-refractivity contribution in [2.45, 2.75) is 57.5 Å². The maximum atomic E-state index is 13.5. The number of hydrogen-bond donors (Lipinski definition) is 1. The van der Waals surface area contributed by atoms with E-state index in [-0.39, 0.29) is 42.0 Å². The number of alkyl halides is 2. The molecule has 3 aliphatic rings. The second kappa shape index (κ2) is 10.1. The number of Topliss-reactive ketones (excluding diaryl/α,β-unsaturated/α-hetero) is 1. The number of aromatic nitrogens is 1. The lowest BCUT2D eigenvalue weighted by Crippen LogP contribution is -2.26. The fraction of sp³-hybridized carbons (Fsp3) is 0.500. The van der Waals surface area contributed by atoms with E-state index in [1.807, 2.05) is 6.07 Å². The second-order valence-corrected chi connectivity index (χ2v) is 12.0. The van der Waals surface area contributed by atoms with Crippen LogP contribution < -0.4 is 9.62 Å². The van der Waals surface area contributed by atoms with Crippen LogP contribution in [0.15, 0.2) is 29.3 Å². The molecule has 1 saturated carbocycles. The molecule has 0 bridgehead atoms. The monoisotopic (exact) mass is 532 g/mol. The Labute approximate surface area is 215 Å². The van der Waals surface area contributed by atoms with Crippen LogP contribution in [0.25, 0.3) is 0 Å². The largest absolute Gasteiger partial charge is 0.374 e. The van der Waals surface area contributed by atoms with E-state index in [1.54, 1.807) is 18.2 Å². The van der Waals surface area contributed by atoms with Crippen LogP contribution in [0.5, 0.6) is 0 Å². The summed E-state index contributed by atoms with van der Waals surface area (Å²) in [4.78, 5) is 21.1. The number of ketones is 1. The van der Waals surface area contributed by atoms with Crippen molar-refractivity contribution in [3.05, 3.63) is 41.2 Å². The predicted molar refractivity (Wildman–Crippen MR) is 138 cm³/mol. The Hall–Kier alpha value is -2.92. The number of carbonyl (C=O) groups excluding carboxylic acids is 1.